The van der Waals surface area contributed by atoms with Crippen LogP contribution in [0.4, 0.5) is 0 Å². The van der Waals surface area contributed by atoms with Gasteiger partial charge in [0.2, 0.25) is 5.91 Å². The van der Waals surface area contributed by atoms with Crippen molar-refractivity contribution < 1.29 is 4.79 Å². The van der Waals surface area contributed by atoms with Crippen LogP contribution in [0.1, 0.15) is 33.1 Å². The first-order chi connectivity index (χ1) is 6.01. The third-order valence-corrected chi connectivity index (χ3v) is 2.98. The Labute approximate surface area is 80.7 Å². The lowest BCUT2D eigenvalue weighted by Gasteiger charge is -2.19. The van der Waals surface area contributed by atoms with Crippen molar-refractivity contribution in [3.05, 3.63) is 0 Å². The average Bonchev–Trinajstić information content (AvgIpc) is 2.28. The highest BCUT2D eigenvalue weighted by molar-refractivity contribution is 5.83. The number of rotatable bonds is 3. The summed E-state index contributed by atoms with van der Waals surface area (Å²) in [5.41, 5.74) is -0.139. The average molecular weight is 184 g/mol. The fourth-order valence-corrected chi connectivity index (χ4v) is 1.98. The Morgan fingerprint density at radius 3 is 2.46 bits per heavy atom. The van der Waals surface area contributed by atoms with Crippen molar-refractivity contribution in [3.63, 3.8) is 0 Å². The molecule has 0 aliphatic carbocycles. The third-order valence-electron chi connectivity index (χ3n) is 2.98. The topological polar surface area (TPSA) is 23.6 Å². The molecular weight excluding hydrogens is 164 g/mol. The van der Waals surface area contributed by atoms with Gasteiger partial charge in [0.05, 0.1) is 5.41 Å². The summed E-state index contributed by atoms with van der Waals surface area (Å²) < 4.78 is 0. The van der Waals surface area contributed by atoms with Gasteiger partial charge in [-0.25, -0.2) is 5.01 Å². The van der Waals surface area contributed by atoms with Crippen molar-refractivity contribution in [1.29, 1.82) is 0 Å². The van der Waals surface area contributed by atoms with Gasteiger partial charge in [0.1, 0.15) is 0 Å². The van der Waals surface area contributed by atoms with Crippen LogP contribution in [0.25, 0.3) is 0 Å². The van der Waals surface area contributed by atoms with Gasteiger partial charge in [-0.2, -0.15) is 0 Å². The maximum Gasteiger partial charge on any atom is 0.243 e. The van der Waals surface area contributed by atoms with Crippen LogP contribution in [0.15, 0.2) is 0 Å². The van der Waals surface area contributed by atoms with E-state index in [4.69, 9.17) is 0 Å². The molecule has 1 fully saturated rings. The Morgan fingerprint density at radius 2 is 2.08 bits per heavy atom. The number of hydrazine groups is 1. The van der Waals surface area contributed by atoms with Gasteiger partial charge < -0.3 is 0 Å². The van der Waals surface area contributed by atoms with E-state index in [2.05, 4.69) is 13.8 Å². The summed E-state index contributed by atoms with van der Waals surface area (Å²) in [6.07, 6.45) is 3.32. The molecule has 0 spiro atoms. The zero-order chi connectivity index (χ0) is 10.1. The molecule has 0 aromatic carbocycles. The maximum atomic E-state index is 11.8. The molecule has 0 aromatic rings. The van der Waals surface area contributed by atoms with E-state index in [1.807, 2.05) is 19.1 Å². The summed E-state index contributed by atoms with van der Waals surface area (Å²) in [7, 11) is 3.81. The first-order valence-electron chi connectivity index (χ1n) is 5.00. The van der Waals surface area contributed by atoms with Gasteiger partial charge in [0.25, 0.3) is 0 Å². The number of carbonyl (C=O) groups excluding carboxylic acids is 1. The number of hydrogen-bond acceptors (Lipinski definition) is 2. The van der Waals surface area contributed by atoms with Gasteiger partial charge in [0, 0.05) is 20.6 Å². The molecule has 1 heterocycles. The normalized spacial score (nSPS) is 30.2. The van der Waals surface area contributed by atoms with Crippen molar-refractivity contribution in [2.24, 2.45) is 5.41 Å². The maximum absolute atomic E-state index is 11.8. The van der Waals surface area contributed by atoms with Crippen LogP contribution in [0.3, 0.4) is 0 Å². The van der Waals surface area contributed by atoms with E-state index < -0.39 is 0 Å². The van der Waals surface area contributed by atoms with E-state index in [0.29, 0.717) is 0 Å². The SMILES string of the molecule is CCCCC1(C)CN(C)N(C)C1=O. The molecule has 1 unspecified atom stereocenters. The van der Waals surface area contributed by atoms with Crippen LogP contribution < -0.4 is 0 Å². The minimum Gasteiger partial charge on any atom is -0.278 e. The fraction of sp³-hybridized carbons (Fsp3) is 0.900. The molecule has 1 aliphatic heterocycles. The van der Waals surface area contributed by atoms with Gasteiger partial charge in [-0.15, -0.1) is 0 Å². The summed E-state index contributed by atoms with van der Waals surface area (Å²) in [5, 5.41) is 3.73. The molecule has 1 aliphatic rings. The second-order valence-electron chi connectivity index (χ2n) is 4.31. The lowest BCUT2D eigenvalue weighted by molar-refractivity contribution is -0.139. The number of amides is 1. The number of carbonyl (C=O) groups is 1. The zero-order valence-electron chi connectivity index (χ0n) is 9.13. The third kappa shape index (κ3) is 1.85. The van der Waals surface area contributed by atoms with E-state index in [-0.39, 0.29) is 11.3 Å². The van der Waals surface area contributed by atoms with Crippen molar-refractivity contribution >= 4 is 5.91 Å². The van der Waals surface area contributed by atoms with E-state index in [9.17, 15) is 4.79 Å². The number of nitrogens with zero attached hydrogens (tertiary/aromatic N) is 2. The van der Waals surface area contributed by atoms with Crippen LogP contribution in [0.5, 0.6) is 0 Å². The summed E-state index contributed by atoms with van der Waals surface area (Å²) in [4.78, 5) is 11.8. The molecule has 13 heavy (non-hydrogen) atoms. The molecular formula is C10H20N2O. The van der Waals surface area contributed by atoms with Crippen LogP contribution >= 0.6 is 0 Å². The summed E-state index contributed by atoms with van der Waals surface area (Å²) in [6.45, 7) is 5.10. The summed E-state index contributed by atoms with van der Waals surface area (Å²) >= 11 is 0. The fourth-order valence-electron chi connectivity index (χ4n) is 1.98. The van der Waals surface area contributed by atoms with Crippen molar-refractivity contribution in [2.75, 3.05) is 20.6 Å². The highest BCUT2D eigenvalue weighted by atomic mass is 16.2. The quantitative estimate of drug-likeness (QED) is 0.663. The van der Waals surface area contributed by atoms with Crippen molar-refractivity contribution in [3.8, 4) is 0 Å². The second-order valence-corrected chi connectivity index (χ2v) is 4.31. The van der Waals surface area contributed by atoms with Crippen LogP contribution in [-0.4, -0.2) is 36.6 Å². The molecule has 76 valence electrons. The standard InChI is InChI=1S/C10H20N2O/c1-5-6-7-10(2)8-11(3)12(4)9(10)13/h5-8H2,1-4H3. The minimum atomic E-state index is -0.139. The summed E-state index contributed by atoms with van der Waals surface area (Å²) in [6, 6.07) is 0. The van der Waals surface area contributed by atoms with Gasteiger partial charge in [-0.05, 0) is 13.3 Å². The zero-order valence-corrected chi connectivity index (χ0v) is 9.13. The predicted molar refractivity (Wildman–Crippen MR) is 53.0 cm³/mol. The molecule has 3 nitrogen and oxygen atoms in total. The predicted octanol–water partition coefficient (Wildman–Crippen LogP) is 1.50. The van der Waals surface area contributed by atoms with Gasteiger partial charge in [-0.1, -0.05) is 19.8 Å². The Bertz CT molecular complexity index is 205. The Morgan fingerprint density at radius 1 is 1.46 bits per heavy atom. The van der Waals surface area contributed by atoms with Crippen molar-refractivity contribution in [1.82, 2.24) is 10.0 Å². The molecule has 1 atom stereocenters. The first-order valence-corrected chi connectivity index (χ1v) is 5.00. The van der Waals surface area contributed by atoms with Crippen LogP contribution in [0.2, 0.25) is 0 Å². The van der Waals surface area contributed by atoms with Gasteiger partial charge >= 0.3 is 0 Å². The Balaban J connectivity index is 2.64. The van der Waals surface area contributed by atoms with E-state index in [0.717, 1.165) is 25.8 Å². The second kappa shape index (κ2) is 3.66. The number of hydrogen-bond donors (Lipinski definition) is 0. The number of unbranched alkanes of at least 4 members (excludes halogenated alkanes) is 1. The molecule has 0 aromatic heterocycles. The molecule has 1 rings (SSSR count). The molecule has 1 amide bonds. The van der Waals surface area contributed by atoms with Crippen LogP contribution in [-0.2, 0) is 4.79 Å². The van der Waals surface area contributed by atoms with Crippen molar-refractivity contribution in [2.45, 2.75) is 33.1 Å². The van der Waals surface area contributed by atoms with E-state index in [1.165, 1.54) is 0 Å². The first kappa shape index (κ1) is 10.5. The lowest BCUT2D eigenvalue weighted by atomic mass is 9.85. The molecule has 0 radical (unpaired) electrons. The molecule has 0 N–H and O–H groups in total. The van der Waals surface area contributed by atoms with Crippen LogP contribution in [0, 0.1) is 5.41 Å². The monoisotopic (exact) mass is 184 g/mol. The molecule has 0 saturated carbocycles. The highest BCUT2D eigenvalue weighted by Crippen LogP contribution is 2.33. The molecule has 3 heteroatoms. The smallest absolute Gasteiger partial charge is 0.243 e. The highest BCUT2D eigenvalue weighted by Gasteiger charge is 2.43. The van der Waals surface area contributed by atoms with E-state index >= 15 is 0 Å². The van der Waals surface area contributed by atoms with Gasteiger partial charge in [0.15, 0.2) is 0 Å². The largest absolute Gasteiger partial charge is 0.278 e. The molecule has 0 bridgehead atoms. The Hall–Kier alpha value is -0.570. The molecule has 1 saturated heterocycles. The minimum absolute atomic E-state index is 0.139. The van der Waals surface area contributed by atoms with E-state index in [1.54, 1.807) is 5.01 Å². The van der Waals surface area contributed by atoms with Gasteiger partial charge in [-0.3, -0.25) is 9.80 Å². The Kier molecular flexibility index (Phi) is 2.96. The summed E-state index contributed by atoms with van der Waals surface area (Å²) in [5.74, 6) is 0.267. The lowest BCUT2D eigenvalue weighted by Crippen LogP contribution is -2.33.